The maximum Gasteiger partial charge on any atom is 0.258 e. The minimum absolute atomic E-state index is 0.0433. The van der Waals surface area contributed by atoms with Crippen LogP contribution in [0.25, 0.3) is 22.0 Å². The Labute approximate surface area is 223 Å². The highest BCUT2D eigenvalue weighted by molar-refractivity contribution is 6.30. The Morgan fingerprint density at radius 2 is 1.84 bits per heavy atom. The molecule has 0 aliphatic heterocycles. The Morgan fingerprint density at radius 3 is 2.51 bits per heavy atom. The first-order valence-electron chi connectivity index (χ1n) is 12.1. The van der Waals surface area contributed by atoms with Crippen LogP contribution in [0.15, 0.2) is 84.2 Å². The summed E-state index contributed by atoms with van der Waals surface area (Å²) in [7, 11) is 1.84. The van der Waals surface area contributed by atoms with Crippen LogP contribution in [0.5, 0.6) is 0 Å². The van der Waals surface area contributed by atoms with Crippen LogP contribution in [0, 0.1) is 5.92 Å². The van der Waals surface area contributed by atoms with Crippen molar-refractivity contribution in [2.75, 3.05) is 0 Å². The van der Waals surface area contributed by atoms with Gasteiger partial charge in [0.05, 0.1) is 23.7 Å². The van der Waals surface area contributed by atoms with Crippen LogP contribution < -0.4 is 5.56 Å². The fraction of sp³-hybridized carbons (Fsp3) is 0.207. The van der Waals surface area contributed by atoms with Crippen LogP contribution in [0.4, 0.5) is 0 Å². The monoisotopic (exact) mass is 530 g/mol. The van der Waals surface area contributed by atoms with E-state index in [1.165, 1.54) is 0 Å². The molecule has 0 spiro atoms. The fourth-order valence-electron chi connectivity index (χ4n) is 4.97. The van der Waals surface area contributed by atoms with Gasteiger partial charge in [0.2, 0.25) is 0 Å². The van der Waals surface area contributed by atoms with Gasteiger partial charge in [0.15, 0.2) is 5.60 Å². The molecule has 3 aromatic heterocycles. The highest BCUT2D eigenvalue weighted by Gasteiger charge is 2.37. The zero-order valence-electron chi connectivity index (χ0n) is 20.1. The number of imidazole rings is 1. The first-order chi connectivity index (χ1) is 17.8. The van der Waals surface area contributed by atoms with Crippen molar-refractivity contribution in [1.82, 2.24) is 19.1 Å². The van der Waals surface area contributed by atoms with Crippen molar-refractivity contribution >= 4 is 34.1 Å². The number of aromatic nitrogens is 4. The summed E-state index contributed by atoms with van der Waals surface area (Å²) in [4.78, 5) is 22.1. The predicted molar refractivity (Wildman–Crippen MR) is 146 cm³/mol. The van der Waals surface area contributed by atoms with E-state index < -0.39 is 5.60 Å². The second kappa shape index (κ2) is 9.14. The van der Waals surface area contributed by atoms with Gasteiger partial charge in [0, 0.05) is 35.9 Å². The topological polar surface area (TPSA) is 72.9 Å². The fourth-order valence-corrected chi connectivity index (χ4v) is 5.28. The maximum atomic E-state index is 13.7. The molecule has 0 radical (unpaired) electrons. The summed E-state index contributed by atoms with van der Waals surface area (Å²) in [6.07, 6.45) is 7.11. The number of rotatable bonds is 6. The molecule has 0 amide bonds. The number of pyridine rings is 2. The highest BCUT2D eigenvalue weighted by atomic mass is 35.5. The molecular weight excluding hydrogens is 507 g/mol. The van der Waals surface area contributed by atoms with Gasteiger partial charge in [-0.2, -0.15) is 0 Å². The van der Waals surface area contributed by atoms with Gasteiger partial charge in [-0.1, -0.05) is 47.5 Å². The van der Waals surface area contributed by atoms with E-state index in [4.69, 9.17) is 23.2 Å². The van der Waals surface area contributed by atoms with Crippen LogP contribution in [-0.4, -0.2) is 24.2 Å². The number of hydrogen-bond acceptors (Lipinski definition) is 4. The average Bonchev–Trinajstić information content (AvgIpc) is 3.62. The summed E-state index contributed by atoms with van der Waals surface area (Å²) in [6.45, 7) is 0.663. The SMILES string of the molecule is Cn1cncc1C(O)(c1ccc(Cl)nc1)c1ccc2c(c1)cc(-c1cccc(Cl)c1)c(=O)n2CC1CC1. The summed E-state index contributed by atoms with van der Waals surface area (Å²) in [5.41, 5.74) is 2.33. The van der Waals surface area contributed by atoms with Crippen molar-refractivity contribution in [2.24, 2.45) is 13.0 Å². The van der Waals surface area contributed by atoms with Crippen LogP contribution in [0.1, 0.15) is 29.7 Å². The number of halogens is 2. The molecule has 5 aromatic rings. The van der Waals surface area contributed by atoms with E-state index in [1.54, 1.807) is 47.6 Å². The average molecular weight is 531 g/mol. The van der Waals surface area contributed by atoms with E-state index in [0.717, 1.165) is 29.3 Å². The van der Waals surface area contributed by atoms with Crippen molar-refractivity contribution in [3.63, 3.8) is 0 Å². The van der Waals surface area contributed by atoms with E-state index in [2.05, 4.69) is 9.97 Å². The lowest BCUT2D eigenvalue weighted by Crippen LogP contribution is -2.31. The summed E-state index contributed by atoms with van der Waals surface area (Å²) >= 11 is 12.3. The molecule has 1 saturated carbocycles. The van der Waals surface area contributed by atoms with Gasteiger partial charge >= 0.3 is 0 Å². The first-order valence-corrected chi connectivity index (χ1v) is 12.9. The summed E-state index contributed by atoms with van der Waals surface area (Å²) < 4.78 is 3.64. The van der Waals surface area contributed by atoms with E-state index in [-0.39, 0.29) is 5.56 Å². The number of fused-ring (bicyclic) bond motifs is 1. The van der Waals surface area contributed by atoms with Crippen molar-refractivity contribution in [3.05, 3.63) is 117 Å². The molecule has 1 N–H and O–H groups in total. The zero-order chi connectivity index (χ0) is 25.7. The largest absolute Gasteiger partial charge is 0.374 e. The van der Waals surface area contributed by atoms with Crippen molar-refractivity contribution in [1.29, 1.82) is 0 Å². The Kier molecular flexibility index (Phi) is 5.91. The molecule has 1 fully saturated rings. The van der Waals surface area contributed by atoms with Gasteiger partial charge in [-0.05, 0) is 71.7 Å². The molecule has 6 rings (SSSR count). The highest BCUT2D eigenvalue weighted by Crippen LogP contribution is 2.38. The molecule has 6 nitrogen and oxygen atoms in total. The molecule has 1 aliphatic rings. The molecule has 3 heterocycles. The van der Waals surface area contributed by atoms with Gasteiger partial charge in [0.1, 0.15) is 5.15 Å². The minimum Gasteiger partial charge on any atom is -0.374 e. The molecule has 8 heteroatoms. The molecular formula is C29H24Cl2N4O2. The number of benzene rings is 2. The zero-order valence-corrected chi connectivity index (χ0v) is 21.6. The summed E-state index contributed by atoms with van der Waals surface area (Å²) in [5.74, 6) is 0.502. The molecule has 1 atom stereocenters. The third-order valence-electron chi connectivity index (χ3n) is 7.12. The summed E-state index contributed by atoms with van der Waals surface area (Å²) in [5, 5.41) is 14.1. The number of aliphatic hydroxyl groups is 1. The van der Waals surface area contributed by atoms with E-state index in [1.807, 2.05) is 48.0 Å². The molecule has 1 unspecified atom stereocenters. The predicted octanol–water partition coefficient (Wildman–Crippen LogP) is 5.80. The third-order valence-corrected chi connectivity index (χ3v) is 7.58. The first kappa shape index (κ1) is 23.9. The third kappa shape index (κ3) is 4.25. The Morgan fingerprint density at radius 1 is 1.03 bits per heavy atom. The number of nitrogens with zero attached hydrogens (tertiary/aromatic N) is 4. The van der Waals surface area contributed by atoms with Crippen LogP contribution in [0.2, 0.25) is 10.2 Å². The second-order valence-electron chi connectivity index (χ2n) is 9.67. The van der Waals surface area contributed by atoms with Gasteiger partial charge in [-0.15, -0.1) is 0 Å². The van der Waals surface area contributed by atoms with Gasteiger partial charge in [0.25, 0.3) is 5.56 Å². The second-order valence-corrected chi connectivity index (χ2v) is 10.5. The van der Waals surface area contributed by atoms with E-state index in [9.17, 15) is 9.90 Å². The molecule has 0 bridgehead atoms. The standard InChI is InChI=1S/C29H24Cl2N4O2/c1-34-17-32-15-26(34)29(37,22-8-10-27(31)33-14-22)21-7-9-25-20(11-21)13-24(19-3-2-4-23(30)12-19)28(36)35(25)16-18-5-6-18/h2-4,7-15,17-18,37H,5-6,16H2,1H3. The van der Waals surface area contributed by atoms with Gasteiger partial charge in [-0.3, -0.25) is 4.79 Å². The molecule has 37 heavy (non-hydrogen) atoms. The van der Waals surface area contributed by atoms with Crippen LogP contribution >= 0.6 is 23.2 Å². The van der Waals surface area contributed by atoms with Gasteiger partial charge in [-0.25, -0.2) is 9.97 Å². The molecule has 186 valence electrons. The molecule has 1 aliphatic carbocycles. The Balaban J connectivity index is 1.61. The lowest BCUT2D eigenvalue weighted by atomic mass is 9.83. The quantitative estimate of drug-likeness (QED) is 0.281. The van der Waals surface area contributed by atoms with Crippen molar-refractivity contribution in [3.8, 4) is 11.1 Å². The van der Waals surface area contributed by atoms with E-state index >= 15 is 0 Å². The Hall–Kier alpha value is -3.45. The van der Waals surface area contributed by atoms with Gasteiger partial charge < -0.3 is 14.2 Å². The summed E-state index contributed by atoms with van der Waals surface area (Å²) in [6, 6.07) is 18.4. The lowest BCUT2D eigenvalue weighted by Gasteiger charge is -2.30. The van der Waals surface area contributed by atoms with Crippen molar-refractivity contribution < 1.29 is 5.11 Å². The number of hydrogen-bond donors (Lipinski definition) is 1. The smallest absolute Gasteiger partial charge is 0.258 e. The van der Waals surface area contributed by atoms with E-state index in [0.29, 0.717) is 45.0 Å². The molecule has 2 aromatic carbocycles. The van der Waals surface area contributed by atoms with Crippen molar-refractivity contribution in [2.45, 2.75) is 25.0 Å². The lowest BCUT2D eigenvalue weighted by molar-refractivity contribution is 0.117. The Bertz CT molecular complexity index is 1690. The minimum atomic E-state index is -1.55. The molecule has 0 saturated heterocycles. The number of aryl methyl sites for hydroxylation is 1. The maximum absolute atomic E-state index is 13.7. The van der Waals surface area contributed by atoms with Crippen LogP contribution in [-0.2, 0) is 19.2 Å². The van der Waals surface area contributed by atoms with Crippen LogP contribution in [0.3, 0.4) is 0 Å². The normalized spacial score (nSPS) is 15.1.